The summed E-state index contributed by atoms with van der Waals surface area (Å²) in [5.41, 5.74) is 0.731. The van der Waals surface area contributed by atoms with E-state index in [0.717, 1.165) is 37.4 Å². The standard InChI is InChI=1S/C21H34N2O3/c1-2-3-4-8-17-25-20-12-10-19(11-13-20)22-21(24)26-18-9-16-23-14-6-5-7-15-23/h10-13H,2-9,14-18H2,1H3,(H,22,24)/p+1. The zero-order valence-electron chi connectivity index (χ0n) is 16.2. The van der Waals surface area contributed by atoms with Gasteiger partial charge in [0.25, 0.3) is 0 Å². The average Bonchev–Trinajstić information content (AvgIpc) is 2.67. The van der Waals surface area contributed by atoms with Gasteiger partial charge in [0.2, 0.25) is 0 Å². The predicted molar refractivity (Wildman–Crippen MR) is 105 cm³/mol. The van der Waals surface area contributed by atoms with Crippen molar-refractivity contribution in [1.29, 1.82) is 0 Å². The molecule has 1 aliphatic heterocycles. The van der Waals surface area contributed by atoms with E-state index in [1.54, 1.807) is 4.90 Å². The molecule has 0 aromatic heterocycles. The zero-order chi connectivity index (χ0) is 18.5. The zero-order valence-corrected chi connectivity index (χ0v) is 16.2. The number of nitrogens with one attached hydrogen (secondary N) is 2. The molecule has 0 unspecified atom stereocenters. The molecule has 1 fully saturated rings. The molecule has 0 aliphatic carbocycles. The fraction of sp³-hybridized carbons (Fsp3) is 0.667. The van der Waals surface area contributed by atoms with Crippen LogP contribution in [-0.2, 0) is 4.74 Å². The Bertz CT molecular complexity index is 498. The first-order chi connectivity index (χ1) is 12.8. The second-order valence-electron chi connectivity index (χ2n) is 7.11. The maximum absolute atomic E-state index is 11.8. The van der Waals surface area contributed by atoms with E-state index >= 15 is 0 Å². The minimum Gasteiger partial charge on any atom is -0.494 e. The van der Waals surface area contributed by atoms with E-state index in [1.807, 2.05) is 24.3 Å². The summed E-state index contributed by atoms with van der Waals surface area (Å²) >= 11 is 0. The van der Waals surface area contributed by atoms with E-state index < -0.39 is 0 Å². The summed E-state index contributed by atoms with van der Waals surface area (Å²) < 4.78 is 11.0. The van der Waals surface area contributed by atoms with Crippen LogP contribution in [0.25, 0.3) is 0 Å². The van der Waals surface area contributed by atoms with Crippen LogP contribution in [0.4, 0.5) is 10.5 Å². The predicted octanol–water partition coefficient (Wildman–Crippen LogP) is 3.65. The van der Waals surface area contributed by atoms with E-state index in [1.165, 1.54) is 51.6 Å². The Kier molecular flexibility index (Phi) is 9.95. The maximum atomic E-state index is 11.8. The molecular formula is C21H35N2O3+. The molecule has 26 heavy (non-hydrogen) atoms. The quantitative estimate of drug-likeness (QED) is 0.590. The first-order valence-corrected chi connectivity index (χ1v) is 10.3. The molecule has 5 nitrogen and oxygen atoms in total. The maximum Gasteiger partial charge on any atom is 0.411 e. The van der Waals surface area contributed by atoms with E-state index in [0.29, 0.717) is 6.61 Å². The van der Waals surface area contributed by atoms with E-state index in [4.69, 9.17) is 9.47 Å². The molecule has 1 aromatic rings. The third kappa shape index (κ3) is 8.56. The molecule has 1 heterocycles. The second kappa shape index (κ2) is 12.6. The molecule has 0 saturated carbocycles. The lowest BCUT2D eigenvalue weighted by molar-refractivity contribution is -0.905. The fourth-order valence-corrected chi connectivity index (χ4v) is 3.30. The Morgan fingerprint density at radius 3 is 2.50 bits per heavy atom. The van der Waals surface area contributed by atoms with Crippen molar-refractivity contribution in [2.75, 3.05) is 38.2 Å². The minimum atomic E-state index is -0.383. The topological polar surface area (TPSA) is 52.0 Å². The van der Waals surface area contributed by atoms with Crippen LogP contribution in [-0.4, -0.2) is 38.9 Å². The molecule has 2 N–H and O–H groups in total. The fourth-order valence-electron chi connectivity index (χ4n) is 3.30. The molecule has 5 heteroatoms. The number of likely N-dealkylation sites (tertiary alicyclic amines) is 1. The van der Waals surface area contributed by atoms with Gasteiger partial charge in [0.1, 0.15) is 5.75 Å². The first kappa shape index (κ1) is 20.6. The van der Waals surface area contributed by atoms with Crippen LogP contribution in [0.1, 0.15) is 58.3 Å². The highest BCUT2D eigenvalue weighted by Gasteiger charge is 2.13. The number of benzene rings is 1. The van der Waals surface area contributed by atoms with Gasteiger partial charge in [-0.15, -0.1) is 0 Å². The summed E-state index contributed by atoms with van der Waals surface area (Å²) in [6.07, 6.45) is 9.35. The van der Waals surface area contributed by atoms with Crippen LogP contribution >= 0.6 is 0 Å². The third-order valence-corrected chi connectivity index (χ3v) is 4.84. The minimum absolute atomic E-state index is 0.383. The number of quaternary nitrogens is 1. The highest BCUT2D eigenvalue weighted by molar-refractivity contribution is 5.84. The number of hydrogen-bond donors (Lipinski definition) is 2. The first-order valence-electron chi connectivity index (χ1n) is 10.3. The molecule has 1 saturated heterocycles. The van der Waals surface area contributed by atoms with Gasteiger partial charge >= 0.3 is 6.09 Å². The summed E-state index contributed by atoms with van der Waals surface area (Å²) in [6.45, 7) is 7.05. The summed E-state index contributed by atoms with van der Waals surface area (Å²) in [4.78, 5) is 13.5. The molecule has 1 aliphatic rings. The number of piperidine rings is 1. The summed E-state index contributed by atoms with van der Waals surface area (Å²) in [6, 6.07) is 7.46. The van der Waals surface area contributed by atoms with Gasteiger partial charge in [-0.25, -0.2) is 4.79 Å². The van der Waals surface area contributed by atoms with Gasteiger partial charge in [0.15, 0.2) is 0 Å². The van der Waals surface area contributed by atoms with Crippen LogP contribution in [0, 0.1) is 0 Å². The Labute approximate surface area is 158 Å². The number of unbranched alkanes of at least 4 members (excludes halogenated alkanes) is 3. The van der Waals surface area contributed by atoms with Gasteiger partial charge in [0.05, 0.1) is 32.8 Å². The lowest BCUT2D eigenvalue weighted by Gasteiger charge is -2.23. The Balaban J connectivity index is 1.56. The number of anilines is 1. The van der Waals surface area contributed by atoms with Crippen molar-refractivity contribution in [3.05, 3.63) is 24.3 Å². The van der Waals surface area contributed by atoms with Crippen LogP contribution in [0.2, 0.25) is 0 Å². The summed E-state index contributed by atoms with van der Waals surface area (Å²) in [5.74, 6) is 0.838. The largest absolute Gasteiger partial charge is 0.494 e. The van der Waals surface area contributed by atoms with E-state index in [-0.39, 0.29) is 6.09 Å². The van der Waals surface area contributed by atoms with Gasteiger partial charge in [-0.2, -0.15) is 0 Å². The average molecular weight is 364 g/mol. The van der Waals surface area contributed by atoms with Crippen LogP contribution in [0.3, 0.4) is 0 Å². The second-order valence-corrected chi connectivity index (χ2v) is 7.11. The normalized spacial score (nSPS) is 14.8. The molecule has 1 amide bonds. The summed E-state index contributed by atoms with van der Waals surface area (Å²) in [5, 5.41) is 2.77. The lowest BCUT2D eigenvalue weighted by Crippen LogP contribution is -3.12. The van der Waals surface area contributed by atoms with Gasteiger partial charge < -0.3 is 14.4 Å². The number of ether oxygens (including phenoxy) is 2. The molecule has 146 valence electrons. The van der Waals surface area contributed by atoms with Crippen molar-refractivity contribution in [3.8, 4) is 5.75 Å². The smallest absolute Gasteiger partial charge is 0.411 e. The van der Waals surface area contributed by atoms with Crippen molar-refractivity contribution < 1.29 is 19.2 Å². The SMILES string of the molecule is CCCCCCOc1ccc(NC(=O)OCCC[NH+]2CCCCC2)cc1. The van der Waals surface area contributed by atoms with Gasteiger partial charge in [-0.05, 0) is 49.9 Å². The van der Waals surface area contributed by atoms with Crippen molar-refractivity contribution >= 4 is 11.8 Å². The van der Waals surface area contributed by atoms with Crippen molar-refractivity contribution in [2.45, 2.75) is 58.3 Å². The van der Waals surface area contributed by atoms with E-state index in [2.05, 4.69) is 12.2 Å². The Morgan fingerprint density at radius 1 is 1.00 bits per heavy atom. The lowest BCUT2D eigenvalue weighted by atomic mass is 10.1. The highest BCUT2D eigenvalue weighted by Crippen LogP contribution is 2.16. The van der Waals surface area contributed by atoms with Crippen molar-refractivity contribution in [3.63, 3.8) is 0 Å². The molecule has 0 spiro atoms. The third-order valence-electron chi connectivity index (χ3n) is 4.84. The monoisotopic (exact) mass is 363 g/mol. The number of hydrogen-bond acceptors (Lipinski definition) is 3. The van der Waals surface area contributed by atoms with Crippen LogP contribution < -0.4 is 15.0 Å². The van der Waals surface area contributed by atoms with E-state index in [9.17, 15) is 4.79 Å². The molecule has 2 rings (SSSR count). The van der Waals surface area contributed by atoms with Crippen molar-refractivity contribution in [2.24, 2.45) is 0 Å². The molecule has 1 aromatic carbocycles. The number of carbonyl (C=O) groups is 1. The van der Waals surface area contributed by atoms with Crippen molar-refractivity contribution in [1.82, 2.24) is 0 Å². The Morgan fingerprint density at radius 2 is 1.77 bits per heavy atom. The van der Waals surface area contributed by atoms with Crippen LogP contribution in [0.15, 0.2) is 24.3 Å². The van der Waals surface area contributed by atoms with Gasteiger partial charge in [-0.3, -0.25) is 5.32 Å². The van der Waals surface area contributed by atoms with Gasteiger partial charge in [0, 0.05) is 12.1 Å². The highest BCUT2D eigenvalue weighted by atomic mass is 16.5. The molecule has 0 atom stereocenters. The molecule has 0 radical (unpaired) electrons. The van der Waals surface area contributed by atoms with Gasteiger partial charge in [-0.1, -0.05) is 26.2 Å². The Hall–Kier alpha value is -1.75. The number of rotatable bonds is 11. The molecule has 0 bridgehead atoms. The number of amides is 1. The van der Waals surface area contributed by atoms with Crippen LogP contribution in [0.5, 0.6) is 5.75 Å². The summed E-state index contributed by atoms with van der Waals surface area (Å²) in [7, 11) is 0. The number of carbonyl (C=O) groups excluding carboxylic acids is 1. The molecular weight excluding hydrogens is 328 g/mol.